The second kappa shape index (κ2) is 8.32. The molecule has 0 fully saturated rings. The van der Waals surface area contributed by atoms with E-state index in [0.29, 0.717) is 25.2 Å². The van der Waals surface area contributed by atoms with Crippen LogP contribution in [0.5, 0.6) is 0 Å². The highest BCUT2D eigenvalue weighted by Crippen LogP contribution is 2.07. The maximum Gasteiger partial charge on any atom is 0.253 e. The van der Waals surface area contributed by atoms with Crippen molar-refractivity contribution >= 4 is 11.8 Å². The summed E-state index contributed by atoms with van der Waals surface area (Å²) < 4.78 is 4.73. The highest BCUT2D eigenvalue weighted by atomic mass is 16.5. The molecule has 5 heteroatoms. The van der Waals surface area contributed by atoms with Crippen LogP contribution in [-0.2, 0) is 16.1 Å². The lowest BCUT2D eigenvalue weighted by Gasteiger charge is -2.18. The Bertz CT molecular complexity index is 439. The van der Waals surface area contributed by atoms with E-state index in [1.54, 1.807) is 17.0 Å². The smallest absolute Gasteiger partial charge is 0.253 e. The third-order valence-corrected chi connectivity index (χ3v) is 3.02. The summed E-state index contributed by atoms with van der Waals surface area (Å²) in [5, 5.41) is 2.73. The highest BCUT2D eigenvalue weighted by molar-refractivity contribution is 5.94. The molecule has 5 nitrogen and oxygen atoms in total. The van der Waals surface area contributed by atoms with Crippen molar-refractivity contribution in [3.8, 4) is 0 Å². The van der Waals surface area contributed by atoms with Gasteiger partial charge in [-0.25, -0.2) is 0 Å². The number of ether oxygens (including phenoxy) is 1. The molecule has 0 aliphatic carbocycles. The number of methoxy groups -OCH3 is 1. The van der Waals surface area contributed by atoms with Gasteiger partial charge in [0.15, 0.2) is 0 Å². The van der Waals surface area contributed by atoms with Crippen molar-refractivity contribution in [1.82, 2.24) is 10.2 Å². The zero-order valence-corrected chi connectivity index (χ0v) is 12.3. The molecule has 0 aliphatic rings. The third kappa shape index (κ3) is 4.66. The van der Waals surface area contributed by atoms with Crippen LogP contribution in [0.1, 0.15) is 29.8 Å². The number of nitrogens with zero attached hydrogens (tertiary/aromatic N) is 1. The molecule has 0 heterocycles. The number of rotatable bonds is 7. The van der Waals surface area contributed by atoms with E-state index in [9.17, 15) is 9.59 Å². The fourth-order valence-electron chi connectivity index (χ4n) is 1.84. The van der Waals surface area contributed by atoms with Crippen molar-refractivity contribution < 1.29 is 14.3 Å². The van der Waals surface area contributed by atoms with Crippen molar-refractivity contribution in [2.24, 2.45) is 0 Å². The van der Waals surface area contributed by atoms with E-state index in [2.05, 4.69) is 5.32 Å². The van der Waals surface area contributed by atoms with Crippen molar-refractivity contribution in [2.45, 2.75) is 20.4 Å². The van der Waals surface area contributed by atoms with Crippen LogP contribution in [0, 0.1) is 0 Å². The van der Waals surface area contributed by atoms with Gasteiger partial charge in [0.25, 0.3) is 5.91 Å². The minimum Gasteiger partial charge on any atom is -0.375 e. The highest BCUT2D eigenvalue weighted by Gasteiger charge is 2.11. The molecule has 0 aromatic heterocycles. The minimum absolute atomic E-state index is 0.0324. The fourth-order valence-corrected chi connectivity index (χ4v) is 1.84. The van der Waals surface area contributed by atoms with Gasteiger partial charge in [-0.2, -0.15) is 0 Å². The van der Waals surface area contributed by atoms with Crippen LogP contribution in [0.3, 0.4) is 0 Å². The summed E-state index contributed by atoms with van der Waals surface area (Å²) in [6.07, 6.45) is 0. The normalized spacial score (nSPS) is 10.2. The lowest BCUT2D eigenvalue weighted by Crippen LogP contribution is -2.30. The Hall–Kier alpha value is -1.88. The predicted molar refractivity (Wildman–Crippen MR) is 77.4 cm³/mol. The zero-order chi connectivity index (χ0) is 15.0. The number of carbonyl (C=O) groups is 2. The summed E-state index contributed by atoms with van der Waals surface area (Å²) in [6.45, 7) is 5.80. The minimum atomic E-state index is -0.157. The number of nitrogens with one attached hydrogen (secondary N) is 1. The van der Waals surface area contributed by atoms with E-state index in [4.69, 9.17) is 4.74 Å². The number of hydrogen-bond donors (Lipinski definition) is 1. The first-order chi connectivity index (χ1) is 9.62. The molecule has 0 atom stereocenters. The maximum absolute atomic E-state index is 12.1. The molecule has 2 amide bonds. The Labute approximate surface area is 119 Å². The monoisotopic (exact) mass is 278 g/mol. The first-order valence-corrected chi connectivity index (χ1v) is 6.76. The summed E-state index contributed by atoms with van der Waals surface area (Å²) in [4.78, 5) is 25.1. The molecular weight excluding hydrogens is 256 g/mol. The average Bonchev–Trinajstić information content (AvgIpc) is 2.47. The zero-order valence-electron chi connectivity index (χ0n) is 12.3. The first-order valence-electron chi connectivity index (χ1n) is 6.76. The van der Waals surface area contributed by atoms with Gasteiger partial charge < -0.3 is 15.0 Å². The van der Waals surface area contributed by atoms with E-state index >= 15 is 0 Å². The quantitative estimate of drug-likeness (QED) is 0.821. The van der Waals surface area contributed by atoms with E-state index in [0.717, 1.165) is 5.56 Å². The molecule has 0 aliphatic heterocycles. The lowest BCUT2D eigenvalue weighted by molar-refractivity contribution is -0.124. The van der Waals surface area contributed by atoms with Crippen LogP contribution in [0.15, 0.2) is 24.3 Å². The molecule has 20 heavy (non-hydrogen) atoms. The summed E-state index contributed by atoms with van der Waals surface area (Å²) in [5.74, 6) is -0.124. The van der Waals surface area contributed by atoms with E-state index in [1.807, 2.05) is 26.0 Å². The summed E-state index contributed by atoms with van der Waals surface area (Å²) in [5.41, 5.74) is 1.62. The van der Waals surface area contributed by atoms with Gasteiger partial charge in [0.1, 0.15) is 6.61 Å². The Morgan fingerprint density at radius 3 is 2.25 bits per heavy atom. The molecule has 0 radical (unpaired) electrons. The summed E-state index contributed by atoms with van der Waals surface area (Å²) in [7, 11) is 1.48. The van der Waals surface area contributed by atoms with E-state index < -0.39 is 0 Å². The molecule has 0 bridgehead atoms. The SMILES string of the molecule is CCN(CC)C(=O)c1ccc(CNC(=O)COC)cc1. The van der Waals surface area contributed by atoms with Gasteiger partial charge in [-0.15, -0.1) is 0 Å². The van der Waals surface area contributed by atoms with Gasteiger partial charge in [0.05, 0.1) is 0 Å². The van der Waals surface area contributed by atoms with Gasteiger partial charge in [-0.05, 0) is 31.5 Å². The second-order valence-electron chi connectivity index (χ2n) is 4.38. The van der Waals surface area contributed by atoms with Gasteiger partial charge in [0.2, 0.25) is 5.91 Å². The number of benzene rings is 1. The Morgan fingerprint density at radius 2 is 1.75 bits per heavy atom. The van der Waals surface area contributed by atoms with Gasteiger partial charge in [0, 0.05) is 32.3 Å². The summed E-state index contributed by atoms with van der Waals surface area (Å²) >= 11 is 0. The number of amides is 2. The van der Waals surface area contributed by atoms with Gasteiger partial charge >= 0.3 is 0 Å². The van der Waals surface area contributed by atoms with Crippen molar-refractivity contribution in [1.29, 1.82) is 0 Å². The van der Waals surface area contributed by atoms with Crippen LogP contribution < -0.4 is 5.32 Å². The standard InChI is InChI=1S/C15H22N2O3/c1-4-17(5-2)15(19)13-8-6-12(7-9-13)10-16-14(18)11-20-3/h6-9H,4-5,10-11H2,1-3H3,(H,16,18). The molecular formula is C15H22N2O3. The third-order valence-electron chi connectivity index (χ3n) is 3.02. The van der Waals surface area contributed by atoms with Crippen LogP contribution in [0.25, 0.3) is 0 Å². The fraction of sp³-hybridized carbons (Fsp3) is 0.467. The van der Waals surface area contributed by atoms with Gasteiger partial charge in [-0.3, -0.25) is 9.59 Å². The van der Waals surface area contributed by atoms with Crippen molar-refractivity contribution in [3.63, 3.8) is 0 Å². The predicted octanol–water partition coefficient (Wildman–Crippen LogP) is 1.43. The lowest BCUT2D eigenvalue weighted by atomic mass is 10.1. The number of hydrogen-bond acceptors (Lipinski definition) is 3. The molecule has 0 saturated carbocycles. The molecule has 1 N–H and O–H groups in total. The molecule has 1 aromatic rings. The van der Waals surface area contributed by atoms with E-state index in [-0.39, 0.29) is 18.4 Å². The van der Waals surface area contributed by atoms with Crippen LogP contribution >= 0.6 is 0 Å². The van der Waals surface area contributed by atoms with Gasteiger partial charge in [-0.1, -0.05) is 12.1 Å². The summed E-state index contributed by atoms with van der Waals surface area (Å²) in [6, 6.07) is 7.28. The van der Waals surface area contributed by atoms with Crippen molar-refractivity contribution in [3.05, 3.63) is 35.4 Å². The first kappa shape index (κ1) is 16.2. The molecule has 0 saturated heterocycles. The van der Waals surface area contributed by atoms with Crippen LogP contribution in [0.4, 0.5) is 0 Å². The molecule has 110 valence electrons. The van der Waals surface area contributed by atoms with Crippen LogP contribution in [0.2, 0.25) is 0 Å². The molecule has 0 spiro atoms. The number of carbonyl (C=O) groups excluding carboxylic acids is 2. The average molecular weight is 278 g/mol. The Kier molecular flexibility index (Phi) is 6.73. The largest absolute Gasteiger partial charge is 0.375 e. The van der Waals surface area contributed by atoms with Crippen molar-refractivity contribution in [2.75, 3.05) is 26.8 Å². The molecule has 0 unspecified atom stereocenters. The molecule has 1 rings (SSSR count). The Balaban J connectivity index is 2.60. The molecule has 1 aromatic carbocycles. The maximum atomic E-state index is 12.1. The van der Waals surface area contributed by atoms with Crippen LogP contribution in [-0.4, -0.2) is 43.5 Å². The van der Waals surface area contributed by atoms with E-state index in [1.165, 1.54) is 7.11 Å². The Morgan fingerprint density at radius 1 is 1.15 bits per heavy atom. The second-order valence-corrected chi connectivity index (χ2v) is 4.38. The topological polar surface area (TPSA) is 58.6 Å².